The van der Waals surface area contributed by atoms with Crippen molar-refractivity contribution in [1.29, 1.82) is 0 Å². The summed E-state index contributed by atoms with van der Waals surface area (Å²) in [6.45, 7) is 0. The molecule has 1 aliphatic heterocycles. The second-order valence-electron chi connectivity index (χ2n) is 5.19. The van der Waals surface area contributed by atoms with E-state index in [0.29, 0.717) is 5.92 Å². The van der Waals surface area contributed by atoms with Crippen LogP contribution in [0.3, 0.4) is 0 Å². The fraction of sp³-hybridized carbons (Fsp3) is 0.111. The lowest BCUT2D eigenvalue weighted by molar-refractivity contribution is 0.813. The largest absolute Gasteiger partial charge is 0.313 e. The summed E-state index contributed by atoms with van der Waals surface area (Å²) < 4.78 is 1.27. The Hall–Kier alpha value is -1.80. The molecule has 2 aromatic rings. The maximum absolute atomic E-state index is 3.65. The molecule has 0 saturated heterocycles. The maximum atomic E-state index is 3.65. The van der Waals surface area contributed by atoms with Crippen LogP contribution in [0.25, 0.3) is 0 Å². The highest BCUT2D eigenvalue weighted by molar-refractivity contribution is 9.11. The highest BCUT2D eigenvalue weighted by atomic mass is 79.9. The van der Waals surface area contributed by atoms with Gasteiger partial charge in [0.1, 0.15) is 0 Å². The number of rotatable bonds is 1. The number of hydrogen-bond donors (Lipinski definition) is 0. The van der Waals surface area contributed by atoms with Crippen LogP contribution in [0.15, 0.2) is 76.9 Å². The standard InChI is InChI=1S/C18H14BrN/c19-13-10-11-18-16(12-13)15-8-4-5-9-17(15)20(18)14-6-2-1-3-7-14/h1-11,16H,12H2. The molecule has 98 valence electrons. The summed E-state index contributed by atoms with van der Waals surface area (Å²) in [4.78, 5) is 2.38. The van der Waals surface area contributed by atoms with E-state index in [0.717, 1.165) is 6.42 Å². The smallest absolute Gasteiger partial charge is 0.0497 e. The molecule has 0 spiro atoms. The van der Waals surface area contributed by atoms with Gasteiger partial charge in [-0.25, -0.2) is 0 Å². The van der Waals surface area contributed by atoms with E-state index in [-0.39, 0.29) is 0 Å². The average Bonchev–Trinajstić information content (AvgIpc) is 2.82. The van der Waals surface area contributed by atoms with Gasteiger partial charge in [-0.2, -0.15) is 0 Å². The molecule has 2 aromatic carbocycles. The molecule has 2 heteroatoms. The van der Waals surface area contributed by atoms with Gasteiger partial charge in [-0.1, -0.05) is 58.4 Å². The molecule has 20 heavy (non-hydrogen) atoms. The zero-order chi connectivity index (χ0) is 13.5. The molecule has 4 rings (SSSR count). The van der Waals surface area contributed by atoms with Gasteiger partial charge in [0.15, 0.2) is 0 Å². The molecule has 0 fully saturated rings. The normalized spacial score (nSPS) is 20.1. The van der Waals surface area contributed by atoms with E-state index in [2.05, 4.69) is 87.6 Å². The first-order valence-electron chi connectivity index (χ1n) is 6.85. The lowest BCUT2D eigenvalue weighted by atomic mass is 9.92. The third-order valence-electron chi connectivity index (χ3n) is 4.02. The van der Waals surface area contributed by atoms with Crippen LogP contribution in [0.5, 0.6) is 0 Å². The fourth-order valence-electron chi connectivity index (χ4n) is 3.15. The highest BCUT2D eigenvalue weighted by Crippen LogP contribution is 2.51. The van der Waals surface area contributed by atoms with Crippen molar-refractivity contribution in [2.75, 3.05) is 4.90 Å². The Morgan fingerprint density at radius 1 is 0.900 bits per heavy atom. The van der Waals surface area contributed by atoms with E-state index in [1.165, 1.54) is 27.1 Å². The monoisotopic (exact) mass is 323 g/mol. The van der Waals surface area contributed by atoms with Gasteiger partial charge in [-0.15, -0.1) is 0 Å². The summed E-state index contributed by atoms with van der Waals surface area (Å²) in [5.74, 6) is 0.464. The molecule has 1 unspecified atom stereocenters. The summed E-state index contributed by atoms with van der Waals surface area (Å²) in [5, 5.41) is 0. The van der Waals surface area contributed by atoms with Crippen molar-refractivity contribution in [1.82, 2.24) is 0 Å². The SMILES string of the molecule is BrC1=CC=C2C(C1)c1ccccc1N2c1ccccc1. The molecule has 1 aliphatic carbocycles. The minimum atomic E-state index is 0.464. The molecule has 1 atom stereocenters. The van der Waals surface area contributed by atoms with Gasteiger partial charge in [-0.05, 0) is 40.7 Å². The molecular weight excluding hydrogens is 310 g/mol. The number of nitrogens with zero attached hydrogens (tertiary/aromatic N) is 1. The number of halogens is 1. The Morgan fingerprint density at radius 2 is 1.65 bits per heavy atom. The number of para-hydroxylation sites is 2. The van der Waals surface area contributed by atoms with Crippen molar-refractivity contribution in [3.05, 3.63) is 82.5 Å². The second-order valence-corrected chi connectivity index (χ2v) is 6.21. The first-order valence-corrected chi connectivity index (χ1v) is 7.64. The number of fused-ring (bicyclic) bond motifs is 3. The molecule has 0 saturated carbocycles. The number of allylic oxidation sites excluding steroid dienone is 4. The van der Waals surface area contributed by atoms with Crippen LogP contribution in [0.4, 0.5) is 11.4 Å². The Labute approximate surface area is 127 Å². The summed E-state index contributed by atoms with van der Waals surface area (Å²) in [7, 11) is 0. The highest BCUT2D eigenvalue weighted by Gasteiger charge is 2.35. The molecule has 0 aromatic heterocycles. The first kappa shape index (κ1) is 12.0. The number of hydrogen-bond acceptors (Lipinski definition) is 1. The molecule has 0 radical (unpaired) electrons. The van der Waals surface area contributed by atoms with Crippen LogP contribution >= 0.6 is 15.9 Å². The minimum absolute atomic E-state index is 0.464. The van der Waals surface area contributed by atoms with E-state index in [1.54, 1.807) is 0 Å². The Bertz CT molecular complexity index is 715. The molecule has 1 nitrogen and oxygen atoms in total. The van der Waals surface area contributed by atoms with E-state index < -0.39 is 0 Å². The molecule has 0 amide bonds. The molecular formula is C18H14BrN. The van der Waals surface area contributed by atoms with Gasteiger partial charge in [0.05, 0.1) is 0 Å². The van der Waals surface area contributed by atoms with Crippen molar-refractivity contribution in [2.45, 2.75) is 12.3 Å². The zero-order valence-electron chi connectivity index (χ0n) is 11.0. The van der Waals surface area contributed by atoms with E-state index in [9.17, 15) is 0 Å². The fourth-order valence-corrected chi connectivity index (χ4v) is 3.61. The quantitative estimate of drug-likeness (QED) is 0.670. The van der Waals surface area contributed by atoms with Gasteiger partial charge in [0.25, 0.3) is 0 Å². The summed E-state index contributed by atoms with van der Waals surface area (Å²) >= 11 is 3.65. The summed E-state index contributed by atoms with van der Waals surface area (Å²) in [6.07, 6.45) is 5.46. The van der Waals surface area contributed by atoms with Crippen LogP contribution in [-0.4, -0.2) is 0 Å². The Balaban J connectivity index is 1.93. The van der Waals surface area contributed by atoms with Crippen molar-refractivity contribution >= 4 is 27.3 Å². The predicted octanol–water partition coefficient (Wildman–Crippen LogP) is 5.49. The Kier molecular flexibility index (Phi) is 2.78. The summed E-state index contributed by atoms with van der Waals surface area (Å²) in [5.41, 5.74) is 5.35. The molecule has 0 bridgehead atoms. The lowest BCUT2D eigenvalue weighted by Crippen LogP contribution is -2.14. The van der Waals surface area contributed by atoms with E-state index in [1.807, 2.05) is 0 Å². The van der Waals surface area contributed by atoms with Crippen molar-refractivity contribution < 1.29 is 0 Å². The third kappa shape index (κ3) is 1.75. The maximum Gasteiger partial charge on any atom is 0.0497 e. The molecule has 1 heterocycles. The second kappa shape index (κ2) is 4.64. The van der Waals surface area contributed by atoms with Crippen LogP contribution in [0, 0.1) is 0 Å². The van der Waals surface area contributed by atoms with Crippen molar-refractivity contribution in [3.63, 3.8) is 0 Å². The number of benzene rings is 2. The average molecular weight is 324 g/mol. The van der Waals surface area contributed by atoms with Gasteiger partial charge >= 0.3 is 0 Å². The van der Waals surface area contributed by atoms with E-state index >= 15 is 0 Å². The number of anilines is 2. The lowest BCUT2D eigenvalue weighted by Gasteiger charge is -2.25. The van der Waals surface area contributed by atoms with Crippen LogP contribution in [0.1, 0.15) is 17.9 Å². The third-order valence-corrected chi connectivity index (χ3v) is 4.60. The van der Waals surface area contributed by atoms with Gasteiger partial charge in [-0.3, -0.25) is 0 Å². The van der Waals surface area contributed by atoms with Gasteiger partial charge < -0.3 is 4.90 Å². The molecule has 2 aliphatic rings. The Morgan fingerprint density at radius 3 is 2.50 bits per heavy atom. The van der Waals surface area contributed by atoms with Crippen LogP contribution in [-0.2, 0) is 0 Å². The summed E-state index contributed by atoms with van der Waals surface area (Å²) in [6, 6.07) is 19.3. The minimum Gasteiger partial charge on any atom is -0.313 e. The topological polar surface area (TPSA) is 3.24 Å². The van der Waals surface area contributed by atoms with Crippen molar-refractivity contribution in [3.8, 4) is 0 Å². The first-order chi connectivity index (χ1) is 9.84. The van der Waals surface area contributed by atoms with Gasteiger partial charge in [0.2, 0.25) is 0 Å². The van der Waals surface area contributed by atoms with Crippen LogP contribution < -0.4 is 4.90 Å². The zero-order valence-corrected chi connectivity index (χ0v) is 12.5. The van der Waals surface area contributed by atoms with E-state index in [4.69, 9.17) is 0 Å². The predicted molar refractivity (Wildman–Crippen MR) is 87.5 cm³/mol. The molecule has 0 N–H and O–H groups in total. The van der Waals surface area contributed by atoms with Gasteiger partial charge in [0, 0.05) is 23.0 Å². The van der Waals surface area contributed by atoms with Crippen LogP contribution in [0.2, 0.25) is 0 Å². The van der Waals surface area contributed by atoms with Crippen molar-refractivity contribution in [2.24, 2.45) is 0 Å².